The molecule has 222 valence electrons. The van der Waals surface area contributed by atoms with E-state index in [9.17, 15) is 14.4 Å². The third-order valence-electron chi connectivity index (χ3n) is 6.06. The summed E-state index contributed by atoms with van der Waals surface area (Å²) in [6.07, 6.45) is 12.1. The Kier molecular flexibility index (Phi) is 16.8. The molecule has 0 aromatic heterocycles. The maximum Gasteiger partial charge on any atom is 0.343 e. The molecule has 0 atom stereocenters. The van der Waals surface area contributed by atoms with Crippen LogP contribution in [0.5, 0.6) is 17.2 Å². The van der Waals surface area contributed by atoms with Crippen molar-refractivity contribution < 1.29 is 38.1 Å². The van der Waals surface area contributed by atoms with Crippen molar-refractivity contribution in [2.75, 3.05) is 26.4 Å². The average molecular weight is 567 g/mol. The second-order valence-electron chi connectivity index (χ2n) is 9.36. The van der Waals surface area contributed by atoms with Crippen LogP contribution in [0.3, 0.4) is 0 Å². The van der Waals surface area contributed by atoms with E-state index in [-0.39, 0.29) is 11.9 Å². The summed E-state index contributed by atoms with van der Waals surface area (Å²) in [5.74, 6) is 0.667. The van der Waals surface area contributed by atoms with Crippen LogP contribution < -0.4 is 14.2 Å². The Bertz CT molecular complexity index is 1060. The van der Waals surface area contributed by atoms with E-state index in [1.807, 2.05) is 0 Å². The molecule has 0 aliphatic heterocycles. The quantitative estimate of drug-likeness (QED) is 0.0649. The lowest BCUT2D eigenvalue weighted by molar-refractivity contribution is -0.138. The van der Waals surface area contributed by atoms with E-state index in [4.69, 9.17) is 23.7 Å². The second kappa shape index (κ2) is 20.8. The largest absolute Gasteiger partial charge is 0.494 e. The molecule has 0 saturated heterocycles. The Labute approximate surface area is 243 Å². The van der Waals surface area contributed by atoms with Gasteiger partial charge in [0.1, 0.15) is 17.2 Å². The van der Waals surface area contributed by atoms with Gasteiger partial charge in [-0.3, -0.25) is 0 Å². The van der Waals surface area contributed by atoms with Crippen molar-refractivity contribution in [3.8, 4) is 17.2 Å². The van der Waals surface area contributed by atoms with Crippen LogP contribution in [0.2, 0.25) is 0 Å². The van der Waals surface area contributed by atoms with Crippen LogP contribution in [0.4, 0.5) is 0 Å². The third-order valence-corrected chi connectivity index (χ3v) is 6.06. The molecule has 8 nitrogen and oxygen atoms in total. The number of benzene rings is 2. The van der Waals surface area contributed by atoms with Crippen LogP contribution >= 0.6 is 0 Å². The Morgan fingerprint density at radius 1 is 0.512 bits per heavy atom. The monoisotopic (exact) mass is 566 g/mol. The summed E-state index contributed by atoms with van der Waals surface area (Å²) in [6.45, 7) is 8.79. The molecule has 0 spiro atoms. The highest BCUT2D eigenvalue weighted by molar-refractivity contribution is 5.91. The molecule has 2 aromatic carbocycles. The molecule has 2 aromatic rings. The Morgan fingerprint density at radius 2 is 0.878 bits per heavy atom. The van der Waals surface area contributed by atoms with Gasteiger partial charge in [-0.05, 0) is 74.2 Å². The highest BCUT2D eigenvalue weighted by Crippen LogP contribution is 2.20. The van der Waals surface area contributed by atoms with Crippen molar-refractivity contribution in [3.63, 3.8) is 0 Å². The first-order valence-electron chi connectivity index (χ1n) is 14.3. The summed E-state index contributed by atoms with van der Waals surface area (Å²) >= 11 is 0. The number of ether oxygens (including phenoxy) is 5. The molecule has 0 radical (unpaired) electrons. The zero-order chi connectivity index (χ0) is 29.5. The number of carbonyl (C=O) groups excluding carboxylic acids is 3. The Morgan fingerprint density at radius 3 is 1.32 bits per heavy atom. The molecule has 0 aliphatic rings. The summed E-state index contributed by atoms with van der Waals surface area (Å²) in [5.41, 5.74) is 0.439. The minimum atomic E-state index is -0.441. The summed E-state index contributed by atoms with van der Waals surface area (Å²) < 4.78 is 26.9. The molecule has 0 N–H and O–H groups in total. The molecular formula is C33H42O8. The molecule has 0 unspecified atom stereocenters. The Balaban J connectivity index is 1.55. The van der Waals surface area contributed by atoms with Crippen molar-refractivity contribution in [2.45, 2.75) is 64.2 Å². The number of esters is 3. The molecule has 0 amide bonds. The lowest BCUT2D eigenvalue weighted by atomic mass is 10.1. The fourth-order valence-electron chi connectivity index (χ4n) is 3.77. The van der Waals surface area contributed by atoms with Gasteiger partial charge in [0.25, 0.3) is 0 Å². The molecule has 0 aliphatic carbocycles. The van der Waals surface area contributed by atoms with Crippen LogP contribution in [0.15, 0.2) is 73.8 Å². The lowest BCUT2D eigenvalue weighted by Crippen LogP contribution is -2.08. The zero-order valence-corrected chi connectivity index (χ0v) is 23.9. The van der Waals surface area contributed by atoms with Gasteiger partial charge >= 0.3 is 17.9 Å². The summed E-state index contributed by atoms with van der Waals surface area (Å²) in [6, 6.07) is 13.9. The molecule has 0 heterocycles. The van der Waals surface area contributed by atoms with Crippen molar-refractivity contribution >= 4 is 17.9 Å². The highest BCUT2D eigenvalue weighted by atomic mass is 16.5. The maximum absolute atomic E-state index is 12.5. The first kappa shape index (κ1) is 33.1. The van der Waals surface area contributed by atoms with Gasteiger partial charge in [-0.25, -0.2) is 14.4 Å². The van der Waals surface area contributed by atoms with Gasteiger partial charge in [-0.15, -0.1) is 0 Å². The number of unbranched alkanes of at least 4 members (excludes halogenated alkanes) is 8. The number of hydrogen-bond acceptors (Lipinski definition) is 8. The van der Waals surface area contributed by atoms with Gasteiger partial charge in [0.15, 0.2) is 0 Å². The van der Waals surface area contributed by atoms with Crippen molar-refractivity contribution in [2.24, 2.45) is 0 Å². The van der Waals surface area contributed by atoms with Crippen LogP contribution in [-0.2, 0) is 19.1 Å². The van der Waals surface area contributed by atoms with E-state index >= 15 is 0 Å². The van der Waals surface area contributed by atoms with Crippen molar-refractivity contribution in [3.05, 3.63) is 79.4 Å². The van der Waals surface area contributed by atoms with Gasteiger partial charge in [-0.1, -0.05) is 51.7 Å². The van der Waals surface area contributed by atoms with E-state index in [1.54, 1.807) is 48.5 Å². The summed E-state index contributed by atoms with van der Waals surface area (Å²) in [7, 11) is 0. The smallest absolute Gasteiger partial charge is 0.343 e. The average Bonchev–Trinajstić information content (AvgIpc) is 3.00. The van der Waals surface area contributed by atoms with Crippen LogP contribution in [0, 0.1) is 0 Å². The van der Waals surface area contributed by atoms with Crippen LogP contribution in [-0.4, -0.2) is 44.3 Å². The molecule has 41 heavy (non-hydrogen) atoms. The maximum atomic E-state index is 12.5. The summed E-state index contributed by atoms with van der Waals surface area (Å²) in [5, 5.41) is 0. The molecule has 0 fully saturated rings. The standard InChI is InChI=1S/C33H42O8/c1-3-31(34)39-25-13-9-5-7-11-23-37-28-17-15-27(16-18-28)33(36)41-30-21-19-29(20-22-30)38-24-12-8-6-10-14-26-40-32(35)4-2/h3-4,15-22H,1-2,5-14,23-26H2. The first-order chi connectivity index (χ1) is 20.0. The predicted octanol–water partition coefficient (Wildman–Crippen LogP) is 7.02. The van der Waals surface area contributed by atoms with Gasteiger partial charge in [0.05, 0.1) is 32.0 Å². The predicted molar refractivity (Wildman–Crippen MR) is 157 cm³/mol. The molecule has 0 saturated carbocycles. The third kappa shape index (κ3) is 15.3. The topological polar surface area (TPSA) is 97.4 Å². The lowest BCUT2D eigenvalue weighted by Gasteiger charge is -2.09. The minimum Gasteiger partial charge on any atom is -0.494 e. The summed E-state index contributed by atoms with van der Waals surface area (Å²) in [4.78, 5) is 34.4. The van der Waals surface area contributed by atoms with Gasteiger partial charge in [-0.2, -0.15) is 0 Å². The normalized spacial score (nSPS) is 10.3. The minimum absolute atomic E-state index is 0.377. The fourth-order valence-corrected chi connectivity index (χ4v) is 3.77. The van der Waals surface area contributed by atoms with Crippen molar-refractivity contribution in [1.82, 2.24) is 0 Å². The van der Waals surface area contributed by atoms with Crippen LogP contribution in [0.25, 0.3) is 0 Å². The number of rotatable bonds is 22. The molecule has 2 rings (SSSR count). The highest BCUT2D eigenvalue weighted by Gasteiger charge is 2.09. The van der Waals surface area contributed by atoms with Gasteiger partial charge in [0, 0.05) is 12.2 Å². The van der Waals surface area contributed by atoms with Crippen LogP contribution in [0.1, 0.15) is 74.6 Å². The number of hydrogen-bond donors (Lipinski definition) is 0. The van der Waals surface area contributed by atoms with Gasteiger partial charge < -0.3 is 23.7 Å². The van der Waals surface area contributed by atoms with E-state index in [2.05, 4.69) is 13.2 Å². The van der Waals surface area contributed by atoms with E-state index in [0.29, 0.717) is 43.5 Å². The zero-order valence-electron chi connectivity index (χ0n) is 23.9. The van der Waals surface area contributed by atoms with Gasteiger partial charge in [0.2, 0.25) is 0 Å². The second-order valence-corrected chi connectivity index (χ2v) is 9.36. The van der Waals surface area contributed by atoms with E-state index in [0.717, 1.165) is 70.0 Å². The van der Waals surface area contributed by atoms with Crippen molar-refractivity contribution in [1.29, 1.82) is 0 Å². The Hall–Kier alpha value is -4.07. The fraction of sp³-hybridized carbons (Fsp3) is 0.424. The molecular weight excluding hydrogens is 524 g/mol. The molecule has 0 bridgehead atoms. The number of carbonyl (C=O) groups is 3. The molecule has 8 heteroatoms. The van der Waals surface area contributed by atoms with E-state index < -0.39 is 5.97 Å². The van der Waals surface area contributed by atoms with E-state index in [1.165, 1.54) is 12.2 Å². The SMILES string of the molecule is C=CC(=O)OCCCCCCCOc1ccc(OC(=O)c2ccc(OCCCCCCCOC(=O)C=C)cc2)cc1. The first-order valence-corrected chi connectivity index (χ1v) is 14.3.